The summed E-state index contributed by atoms with van der Waals surface area (Å²) in [5, 5.41) is 4.94. The lowest BCUT2D eigenvalue weighted by atomic mass is 10.1. The van der Waals surface area contributed by atoms with Crippen LogP contribution >= 0.6 is 34.9 Å². The number of rotatable bonds is 10. The van der Waals surface area contributed by atoms with E-state index >= 15 is 4.39 Å². The minimum atomic E-state index is -0.447. The largest absolute Gasteiger partial charge is 0.497 e. The van der Waals surface area contributed by atoms with E-state index in [1.165, 1.54) is 29.4 Å². The highest BCUT2D eigenvalue weighted by atomic mass is 35.5. The zero-order chi connectivity index (χ0) is 26.5. The molecule has 0 unspecified atom stereocenters. The summed E-state index contributed by atoms with van der Waals surface area (Å²) >= 11 is 9.21. The lowest BCUT2D eigenvalue weighted by Crippen LogP contribution is -2.15. The normalized spacial score (nSPS) is 10.9. The summed E-state index contributed by atoms with van der Waals surface area (Å²) in [6.07, 6.45) is 5.25. The second-order valence-corrected chi connectivity index (χ2v) is 10.5. The van der Waals surface area contributed by atoms with E-state index in [0.29, 0.717) is 33.1 Å². The van der Waals surface area contributed by atoms with Gasteiger partial charge in [-0.25, -0.2) is 9.37 Å². The fourth-order valence-electron chi connectivity index (χ4n) is 3.88. The van der Waals surface area contributed by atoms with Gasteiger partial charge in [0, 0.05) is 47.1 Å². The Morgan fingerprint density at radius 3 is 2.68 bits per heavy atom. The van der Waals surface area contributed by atoms with Crippen molar-refractivity contribution < 1.29 is 18.6 Å². The molecule has 0 aliphatic carbocycles. The molecule has 0 aliphatic rings. The first kappa shape index (κ1) is 26.1. The van der Waals surface area contributed by atoms with Crippen molar-refractivity contribution >= 4 is 50.8 Å². The van der Waals surface area contributed by atoms with Crippen molar-refractivity contribution in [2.75, 3.05) is 18.5 Å². The number of fused-ring (bicyclic) bond motifs is 1. The molecule has 5 aromatic rings. The number of anilines is 1. The fourth-order valence-corrected chi connectivity index (χ4v) is 5.84. The Morgan fingerprint density at radius 1 is 1.00 bits per heavy atom. The number of pyridine rings is 1. The lowest BCUT2D eigenvalue weighted by Gasteiger charge is -2.22. The van der Waals surface area contributed by atoms with E-state index in [9.17, 15) is 0 Å². The summed E-state index contributed by atoms with van der Waals surface area (Å²) in [5.74, 6) is 1.17. The highest BCUT2D eigenvalue weighted by molar-refractivity contribution is 8.00. The highest BCUT2D eigenvalue weighted by Gasteiger charge is 2.19. The number of hydrogen-bond donors (Lipinski definition) is 0. The van der Waals surface area contributed by atoms with Gasteiger partial charge in [-0.05, 0) is 47.2 Å². The van der Waals surface area contributed by atoms with Gasteiger partial charge in [0.25, 0.3) is 0 Å². The third-order valence-electron chi connectivity index (χ3n) is 5.79. The summed E-state index contributed by atoms with van der Waals surface area (Å²) in [4.78, 5) is 8.98. The Hall–Kier alpha value is -3.53. The third-order valence-corrected chi connectivity index (χ3v) is 8.03. The summed E-state index contributed by atoms with van der Waals surface area (Å²) in [5.41, 5.74) is 1.83. The number of benzene rings is 3. The third kappa shape index (κ3) is 5.80. The van der Waals surface area contributed by atoms with Gasteiger partial charge in [-0.1, -0.05) is 29.8 Å². The van der Waals surface area contributed by atoms with Crippen LogP contribution in [0.3, 0.4) is 0 Å². The van der Waals surface area contributed by atoms with Gasteiger partial charge in [-0.3, -0.25) is 9.29 Å². The van der Waals surface area contributed by atoms with E-state index < -0.39 is 5.82 Å². The molecular weight excluding hydrogens is 545 g/mol. The molecule has 0 aliphatic heterocycles. The second-order valence-electron chi connectivity index (χ2n) is 8.14. The van der Waals surface area contributed by atoms with Crippen LogP contribution in [-0.4, -0.2) is 24.2 Å². The summed E-state index contributed by atoms with van der Waals surface area (Å²) < 4.78 is 34.0. The number of ether oxygens (including phenoxy) is 3. The molecular formula is C28H23ClFN3O3S2. The van der Waals surface area contributed by atoms with E-state index in [0.717, 1.165) is 21.9 Å². The van der Waals surface area contributed by atoms with Crippen molar-refractivity contribution in [3.05, 3.63) is 101 Å². The predicted molar refractivity (Wildman–Crippen MR) is 151 cm³/mol. The van der Waals surface area contributed by atoms with Crippen LogP contribution in [0.25, 0.3) is 10.8 Å². The Labute approximate surface area is 233 Å². The monoisotopic (exact) mass is 567 g/mol. The lowest BCUT2D eigenvalue weighted by molar-refractivity contribution is 0.305. The predicted octanol–water partition coefficient (Wildman–Crippen LogP) is 7.79. The van der Waals surface area contributed by atoms with Gasteiger partial charge in [0.05, 0.1) is 30.7 Å². The zero-order valence-electron chi connectivity index (χ0n) is 20.6. The van der Waals surface area contributed by atoms with Crippen molar-refractivity contribution in [1.82, 2.24) is 9.97 Å². The maximum Gasteiger partial charge on any atom is 0.195 e. The molecule has 2 heterocycles. The van der Waals surface area contributed by atoms with Gasteiger partial charge in [-0.2, -0.15) is 0 Å². The van der Waals surface area contributed by atoms with Crippen LogP contribution in [0.15, 0.2) is 83.5 Å². The number of methoxy groups -OCH3 is 2. The Bertz CT molecular complexity index is 1550. The van der Waals surface area contributed by atoms with Crippen LogP contribution in [0.2, 0.25) is 5.02 Å². The first-order valence-electron chi connectivity index (χ1n) is 11.5. The van der Waals surface area contributed by atoms with E-state index in [-0.39, 0.29) is 12.4 Å². The number of aromatic nitrogens is 2. The summed E-state index contributed by atoms with van der Waals surface area (Å²) in [7, 11) is 3.21. The van der Waals surface area contributed by atoms with E-state index in [2.05, 4.69) is 9.97 Å². The maximum absolute atomic E-state index is 15.3. The molecule has 0 radical (unpaired) electrons. The number of thiazole rings is 1. The van der Waals surface area contributed by atoms with Gasteiger partial charge < -0.3 is 14.2 Å². The molecule has 0 spiro atoms. The molecule has 0 amide bonds. The number of halogens is 2. The topological polar surface area (TPSA) is 56.7 Å². The second kappa shape index (κ2) is 11.9. The van der Waals surface area contributed by atoms with Crippen LogP contribution in [0, 0.1) is 5.82 Å². The first-order chi connectivity index (χ1) is 18.6. The molecule has 5 rings (SSSR count). The highest BCUT2D eigenvalue weighted by Crippen LogP contribution is 2.39. The molecule has 10 heteroatoms. The quantitative estimate of drug-likeness (QED) is 0.160. The molecule has 194 valence electrons. The molecule has 2 aromatic heterocycles. The smallest absolute Gasteiger partial charge is 0.195 e. The van der Waals surface area contributed by atoms with E-state index in [1.807, 2.05) is 52.1 Å². The fraction of sp³-hybridized carbons (Fsp3) is 0.143. The first-order valence-corrected chi connectivity index (χ1v) is 13.6. The molecule has 0 N–H and O–H groups in total. The van der Waals surface area contributed by atoms with Gasteiger partial charge in [0.15, 0.2) is 5.13 Å². The summed E-state index contributed by atoms with van der Waals surface area (Å²) in [6, 6.07) is 16.3. The van der Waals surface area contributed by atoms with Crippen molar-refractivity contribution in [2.45, 2.75) is 18.0 Å². The van der Waals surface area contributed by atoms with Crippen molar-refractivity contribution in [1.29, 1.82) is 0 Å². The minimum Gasteiger partial charge on any atom is -0.497 e. The summed E-state index contributed by atoms with van der Waals surface area (Å²) in [6.45, 7) is 0.646. The van der Waals surface area contributed by atoms with Gasteiger partial charge in [0.2, 0.25) is 0 Å². The SMILES string of the molecule is COc1ccc(CN(Sc2cc(Cl)c(OCc3cccc4ccncc34)cc2F)c2nccs2)c(OC)c1. The minimum absolute atomic E-state index is 0.233. The average Bonchev–Trinajstić information content (AvgIpc) is 3.49. The molecule has 0 bridgehead atoms. The Morgan fingerprint density at radius 2 is 1.89 bits per heavy atom. The number of nitrogens with zero attached hydrogens (tertiary/aromatic N) is 3. The zero-order valence-corrected chi connectivity index (χ0v) is 22.9. The van der Waals surface area contributed by atoms with E-state index in [1.54, 1.807) is 38.9 Å². The van der Waals surface area contributed by atoms with Crippen molar-refractivity contribution in [3.8, 4) is 17.2 Å². The molecule has 0 saturated carbocycles. The van der Waals surface area contributed by atoms with Crippen LogP contribution in [0.5, 0.6) is 17.2 Å². The van der Waals surface area contributed by atoms with Crippen molar-refractivity contribution in [2.24, 2.45) is 0 Å². The Kier molecular flexibility index (Phi) is 8.17. The Balaban J connectivity index is 1.37. The van der Waals surface area contributed by atoms with Gasteiger partial charge in [0.1, 0.15) is 29.7 Å². The standard InChI is InChI=1S/C28H23ClFN3O3S2/c1-34-21-7-6-19(25(12-21)35-2)16-33(28-32-10-11-37-28)38-27-13-23(29)26(14-24(27)30)36-17-20-5-3-4-18-8-9-31-15-22(18)20/h3-15H,16-17H2,1-2H3. The van der Waals surface area contributed by atoms with E-state index in [4.69, 9.17) is 25.8 Å². The molecule has 0 fully saturated rings. The molecule has 0 saturated heterocycles. The van der Waals surface area contributed by atoms with Crippen LogP contribution in [0.4, 0.5) is 9.52 Å². The van der Waals surface area contributed by atoms with Gasteiger partial charge >= 0.3 is 0 Å². The number of hydrogen-bond acceptors (Lipinski definition) is 8. The molecule has 6 nitrogen and oxygen atoms in total. The van der Waals surface area contributed by atoms with Crippen LogP contribution in [-0.2, 0) is 13.2 Å². The van der Waals surface area contributed by atoms with Crippen LogP contribution < -0.4 is 18.5 Å². The molecule has 0 atom stereocenters. The average molecular weight is 568 g/mol. The molecule has 3 aromatic carbocycles. The van der Waals surface area contributed by atoms with Crippen molar-refractivity contribution in [3.63, 3.8) is 0 Å². The van der Waals surface area contributed by atoms with Gasteiger partial charge in [-0.15, -0.1) is 11.3 Å². The maximum atomic E-state index is 15.3. The van der Waals surface area contributed by atoms with Crippen LogP contribution in [0.1, 0.15) is 11.1 Å². The molecule has 38 heavy (non-hydrogen) atoms.